The predicted octanol–water partition coefficient (Wildman–Crippen LogP) is 1.53. The van der Waals surface area contributed by atoms with Gasteiger partial charge in [0.15, 0.2) is 0 Å². The number of carboxylic acid groups (broad SMARTS) is 1. The van der Waals surface area contributed by atoms with Crippen molar-refractivity contribution < 1.29 is 19.5 Å². The van der Waals surface area contributed by atoms with Crippen molar-refractivity contribution >= 4 is 18.0 Å². The molecule has 3 unspecified atom stereocenters. The fraction of sp³-hybridized carbons (Fsp3) is 0.750. The molecule has 0 aromatic rings. The van der Waals surface area contributed by atoms with Crippen molar-refractivity contribution in [2.75, 3.05) is 0 Å². The number of hydrogen-bond donors (Lipinski definition) is 1. The van der Waals surface area contributed by atoms with Crippen molar-refractivity contribution in [3.63, 3.8) is 0 Å². The normalized spacial score (nSPS) is 28.2. The van der Waals surface area contributed by atoms with Gasteiger partial charge in [0.25, 0.3) is 0 Å². The van der Waals surface area contributed by atoms with Gasteiger partial charge in [-0.05, 0) is 24.2 Å². The molecule has 0 bridgehead atoms. The SMILES string of the molecule is CC(=O)CC(CC(=O)O)C1C(C=O)C1(C)C. The maximum atomic E-state index is 11.1. The van der Waals surface area contributed by atoms with E-state index in [-0.39, 0.29) is 41.8 Å². The standard InChI is InChI=1S/C12H18O4/c1-7(14)4-8(5-10(15)16)11-9(6-13)12(11,2)3/h6,8-9,11H,4-5H2,1-3H3,(H,15,16). The molecular weight excluding hydrogens is 208 g/mol. The zero-order chi connectivity index (χ0) is 12.5. The maximum absolute atomic E-state index is 11.1. The van der Waals surface area contributed by atoms with E-state index in [2.05, 4.69) is 0 Å². The highest BCUT2D eigenvalue weighted by Crippen LogP contribution is 2.61. The molecule has 3 atom stereocenters. The van der Waals surface area contributed by atoms with Crippen LogP contribution >= 0.6 is 0 Å². The first-order valence-corrected chi connectivity index (χ1v) is 5.47. The van der Waals surface area contributed by atoms with Crippen molar-refractivity contribution in [2.24, 2.45) is 23.2 Å². The number of carboxylic acids is 1. The molecule has 1 fully saturated rings. The fourth-order valence-electron chi connectivity index (χ4n) is 2.80. The minimum Gasteiger partial charge on any atom is -0.481 e. The van der Waals surface area contributed by atoms with Gasteiger partial charge < -0.3 is 14.7 Å². The Bertz CT molecular complexity index is 303. The Morgan fingerprint density at radius 2 is 1.94 bits per heavy atom. The first-order chi connectivity index (χ1) is 7.30. The van der Waals surface area contributed by atoms with E-state index in [1.165, 1.54) is 6.92 Å². The highest BCUT2D eigenvalue weighted by molar-refractivity contribution is 5.77. The first kappa shape index (κ1) is 12.9. The Morgan fingerprint density at radius 1 is 1.38 bits per heavy atom. The molecule has 0 aromatic carbocycles. The third-order valence-corrected chi connectivity index (χ3v) is 3.64. The van der Waals surface area contributed by atoms with Crippen LogP contribution in [0.25, 0.3) is 0 Å². The van der Waals surface area contributed by atoms with Crippen molar-refractivity contribution in [1.82, 2.24) is 0 Å². The second-order valence-electron chi connectivity index (χ2n) is 5.27. The van der Waals surface area contributed by atoms with Crippen LogP contribution in [0.4, 0.5) is 0 Å². The number of aliphatic carboxylic acids is 1. The highest BCUT2D eigenvalue weighted by Gasteiger charge is 2.60. The number of aldehydes is 1. The van der Waals surface area contributed by atoms with E-state index in [1.807, 2.05) is 13.8 Å². The zero-order valence-electron chi connectivity index (χ0n) is 9.90. The van der Waals surface area contributed by atoms with Crippen LogP contribution in [0.5, 0.6) is 0 Å². The summed E-state index contributed by atoms with van der Waals surface area (Å²) in [5, 5.41) is 8.80. The molecule has 90 valence electrons. The molecule has 1 rings (SSSR count). The molecule has 1 aliphatic carbocycles. The second kappa shape index (κ2) is 4.36. The van der Waals surface area contributed by atoms with Gasteiger partial charge in [0.2, 0.25) is 0 Å². The topological polar surface area (TPSA) is 71.4 Å². The summed E-state index contributed by atoms with van der Waals surface area (Å²) in [6.45, 7) is 5.36. The van der Waals surface area contributed by atoms with Crippen molar-refractivity contribution in [3.8, 4) is 0 Å². The smallest absolute Gasteiger partial charge is 0.303 e. The Balaban J connectivity index is 2.74. The Labute approximate surface area is 95.0 Å². The van der Waals surface area contributed by atoms with E-state index in [0.29, 0.717) is 0 Å². The molecule has 0 spiro atoms. The van der Waals surface area contributed by atoms with Gasteiger partial charge in [0.1, 0.15) is 12.1 Å². The van der Waals surface area contributed by atoms with Gasteiger partial charge in [-0.1, -0.05) is 13.8 Å². The molecule has 0 aromatic heterocycles. The Kier molecular flexibility index (Phi) is 3.51. The fourth-order valence-corrected chi connectivity index (χ4v) is 2.80. The molecule has 4 nitrogen and oxygen atoms in total. The van der Waals surface area contributed by atoms with Crippen LogP contribution in [0, 0.1) is 23.2 Å². The maximum Gasteiger partial charge on any atom is 0.303 e. The third kappa shape index (κ3) is 2.49. The van der Waals surface area contributed by atoms with Gasteiger partial charge >= 0.3 is 5.97 Å². The van der Waals surface area contributed by atoms with E-state index in [0.717, 1.165) is 6.29 Å². The van der Waals surface area contributed by atoms with E-state index >= 15 is 0 Å². The average Bonchev–Trinajstić information content (AvgIpc) is 2.64. The van der Waals surface area contributed by atoms with Crippen LogP contribution in [0.1, 0.15) is 33.6 Å². The average molecular weight is 226 g/mol. The molecule has 0 aliphatic heterocycles. The first-order valence-electron chi connectivity index (χ1n) is 5.47. The molecule has 1 aliphatic rings. The minimum atomic E-state index is -0.904. The van der Waals surface area contributed by atoms with E-state index in [4.69, 9.17) is 5.11 Å². The van der Waals surface area contributed by atoms with E-state index in [1.54, 1.807) is 0 Å². The number of rotatable bonds is 6. The molecule has 4 heteroatoms. The number of ketones is 1. The van der Waals surface area contributed by atoms with E-state index < -0.39 is 5.97 Å². The number of hydrogen-bond acceptors (Lipinski definition) is 3. The molecule has 1 saturated carbocycles. The molecule has 1 N–H and O–H groups in total. The lowest BCUT2D eigenvalue weighted by atomic mass is 9.89. The molecule has 16 heavy (non-hydrogen) atoms. The lowest BCUT2D eigenvalue weighted by Crippen LogP contribution is -2.16. The monoisotopic (exact) mass is 226 g/mol. The Hall–Kier alpha value is -1.19. The van der Waals surface area contributed by atoms with Gasteiger partial charge in [-0.3, -0.25) is 4.79 Å². The zero-order valence-corrected chi connectivity index (χ0v) is 9.90. The largest absolute Gasteiger partial charge is 0.481 e. The van der Waals surface area contributed by atoms with Crippen LogP contribution in [0.2, 0.25) is 0 Å². The molecule has 0 radical (unpaired) electrons. The van der Waals surface area contributed by atoms with Crippen LogP contribution in [0.3, 0.4) is 0 Å². The number of Topliss-reactive ketones (excluding diaryl/α,β-unsaturated/α-hetero) is 1. The Morgan fingerprint density at radius 3 is 2.25 bits per heavy atom. The van der Waals surface area contributed by atoms with Gasteiger partial charge in [0.05, 0.1) is 0 Å². The van der Waals surface area contributed by atoms with Crippen molar-refractivity contribution in [2.45, 2.75) is 33.6 Å². The van der Waals surface area contributed by atoms with Crippen LogP contribution < -0.4 is 0 Å². The summed E-state index contributed by atoms with van der Waals surface area (Å²) in [5.41, 5.74) is -0.155. The second-order valence-corrected chi connectivity index (χ2v) is 5.27. The molecule has 0 heterocycles. The highest BCUT2D eigenvalue weighted by atomic mass is 16.4. The molecule has 0 amide bonds. The summed E-state index contributed by atoms with van der Waals surface area (Å²) in [5.74, 6) is -1.20. The summed E-state index contributed by atoms with van der Waals surface area (Å²) in [4.78, 5) is 32.7. The van der Waals surface area contributed by atoms with Crippen molar-refractivity contribution in [3.05, 3.63) is 0 Å². The van der Waals surface area contributed by atoms with Gasteiger partial charge in [-0.2, -0.15) is 0 Å². The van der Waals surface area contributed by atoms with Gasteiger partial charge in [0, 0.05) is 18.8 Å². The van der Waals surface area contributed by atoms with Crippen molar-refractivity contribution in [1.29, 1.82) is 0 Å². The summed E-state index contributed by atoms with van der Waals surface area (Å²) >= 11 is 0. The summed E-state index contributed by atoms with van der Waals surface area (Å²) < 4.78 is 0. The van der Waals surface area contributed by atoms with Crippen LogP contribution in [-0.2, 0) is 14.4 Å². The lowest BCUT2D eigenvalue weighted by Gasteiger charge is -2.14. The molecule has 0 saturated heterocycles. The minimum absolute atomic E-state index is 0.0152. The third-order valence-electron chi connectivity index (χ3n) is 3.64. The lowest BCUT2D eigenvalue weighted by molar-refractivity contribution is -0.138. The number of carbonyl (C=O) groups excluding carboxylic acids is 2. The predicted molar refractivity (Wildman–Crippen MR) is 57.9 cm³/mol. The summed E-state index contributed by atoms with van der Waals surface area (Å²) in [6.07, 6.45) is 1.11. The summed E-state index contributed by atoms with van der Waals surface area (Å²) in [6, 6.07) is 0. The van der Waals surface area contributed by atoms with Crippen LogP contribution in [-0.4, -0.2) is 23.1 Å². The molecular formula is C12H18O4. The van der Waals surface area contributed by atoms with Gasteiger partial charge in [-0.25, -0.2) is 0 Å². The summed E-state index contributed by atoms with van der Waals surface area (Å²) in [7, 11) is 0. The van der Waals surface area contributed by atoms with Crippen LogP contribution in [0.15, 0.2) is 0 Å². The van der Waals surface area contributed by atoms with E-state index in [9.17, 15) is 14.4 Å². The van der Waals surface area contributed by atoms with Gasteiger partial charge in [-0.15, -0.1) is 0 Å². The quantitative estimate of drug-likeness (QED) is 0.697. The number of carbonyl (C=O) groups is 3.